The van der Waals surface area contributed by atoms with Gasteiger partial charge in [0.05, 0.1) is 0 Å². The Morgan fingerprint density at radius 1 is 1.80 bits per heavy atom. The molecule has 1 heterocycles. The summed E-state index contributed by atoms with van der Waals surface area (Å²) >= 11 is 0. The van der Waals surface area contributed by atoms with Crippen molar-refractivity contribution < 1.29 is 0 Å². The maximum Gasteiger partial charge on any atom is 0.132 e. The summed E-state index contributed by atoms with van der Waals surface area (Å²) in [5.74, 6) is 0.873. The van der Waals surface area contributed by atoms with E-state index in [0.717, 1.165) is 11.4 Å². The molecule has 0 radical (unpaired) electrons. The fourth-order valence-electron chi connectivity index (χ4n) is 0.637. The third-order valence-electron chi connectivity index (χ3n) is 1.29. The molecule has 1 aliphatic rings. The van der Waals surface area contributed by atoms with Crippen molar-refractivity contribution in [1.82, 2.24) is 5.32 Å². The molecule has 0 fully saturated rings. The van der Waals surface area contributed by atoms with Crippen LogP contribution < -0.4 is 5.32 Å². The van der Waals surface area contributed by atoms with Crippen LogP contribution in [0.25, 0.3) is 0 Å². The fraction of sp³-hybridized carbons (Fsp3) is 0.125. The van der Waals surface area contributed by atoms with Crippen LogP contribution in [0.15, 0.2) is 41.3 Å². The summed E-state index contributed by atoms with van der Waals surface area (Å²) in [5.41, 5.74) is 1.06. The van der Waals surface area contributed by atoms with Gasteiger partial charge in [-0.2, -0.15) is 0 Å². The van der Waals surface area contributed by atoms with Gasteiger partial charge in [-0.05, 0) is 18.6 Å². The largest absolute Gasteiger partial charge is 0.346 e. The molecule has 0 saturated carbocycles. The molecule has 0 bridgehead atoms. The van der Waals surface area contributed by atoms with Crippen LogP contribution in [0.1, 0.15) is 6.92 Å². The lowest BCUT2D eigenvalue weighted by Crippen LogP contribution is -2.07. The van der Waals surface area contributed by atoms with E-state index in [9.17, 15) is 0 Å². The Morgan fingerprint density at radius 2 is 2.60 bits per heavy atom. The summed E-state index contributed by atoms with van der Waals surface area (Å²) in [6, 6.07) is 0. The summed E-state index contributed by atoms with van der Waals surface area (Å²) in [6.07, 6.45) is 7.22. The SMILES string of the molecule is C=C/C(C)=C1/N=CC=CN1. The average molecular weight is 134 g/mol. The molecule has 1 aliphatic heterocycles. The van der Waals surface area contributed by atoms with Crippen LogP contribution in [0, 0.1) is 0 Å². The molecule has 1 rings (SSSR count). The molecule has 0 amide bonds. The third kappa shape index (κ3) is 1.35. The van der Waals surface area contributed by atoms with E-state index in [0.29, 0.717) is 0 Å². The van der Waals surface area contributed by atoms with E-state index < -0.39 is 0 Å². The van der Waals surface area contributed by atoms with Gasteiger partial charge >= 0.3 is 0 Å². The second-order valence-corrected chi connectivity index (χ2v) is 2.02. The minimum atomic E-state index is 0.873. The first-order chi connectivity index (χ1) is 4.84. The Labute approximate surface area is 60.7 Å². The van der Waals surface area contributed by atoms with Gasteiger partial charge in [0.15, 0.2) is 0 Å². The standard InChI is InChI=1S/C8H10N2/c1-3-7(2)8-9-5-4-6-10-8/h3-6,9H,1H2,2H3/b8-7+. The van der Waals surface area contributed by atoms with Gasteiger partial charge in [0.2, 0.25) is 0 Å². The van der Waals surface area contributed by atoms with Crippen molar-refractivity contribution in [3.63, 3.8) is 0 Å². The highest BCUT2D eigenvalue weighted by Crippen LogP contribution is 2.04. The van der Waals surface area contributed by atoms with Gasteiger partial charge in [0, 0.05) is 12.4 Å². The third-order valence-corrected chi connectivity index (χ3v) is 1.29. The number of allylic oxidation sites excluding steroid dienone is 3. The molecule has 0 atom stereocenters. The van der Waals surface area contributed by atoms with Crippen LogP contribution in [0.5, 0.6) is 0 Å². The summed E-state index contributed by atoms with van der Waals surface area (Å²) < 4.78 is 0. The molecule has 0 saturated heterocycles. The minimum absolute atomic E-state index is 0.873. The van der Waals surface area contributed by atoms with Gasteiger partial charge in [-0.3, -0.25) is 0 Å². The van der Waals surface area contributed by atoms with Crippen molar-refractivity contribution in [2.75, 3.05) is 0 Å². The maximum absolute atomic E-state index is 4.09. The van der Waals surface area contributed by atoms with Crippen molar-refractivity contribution in [3.05, 3.63) is 36.3 Å². The number of hydrogen-bond donors (Lipinski definition) is 1. The smallest absolute Gasteiger partial charge is 0.132 e. The molecule has 0 aromatic rings. The van der Waals surface area contributed by atoms with E-state index in [1.54, 1.807) is 12.3 Å². The molecule has 0 spiro atoms. The van der Waals surface area contributed by atoms with Crippen LogP contribution in [0.4, 0.5) is 0 Å². The van der Waals surface area contributed by atoms with Crippen molar-refractivity contribution >= 4 is 6.21 Å². The minimum Gasteiger partial charge on any atom is -0.346 e. The predicted octanol–water partition coefficient (Wildman–Crippen LogP) is 1.59. The predicted molar refractivity (Wildman–Crippen MR) is 43.7 cm³/mol. The maximum atomic E-state index is 4.09. The quantitative estimate of drug-likeness (QED) is 0.578. The highest BCUT2D eigenvalue weighted by atomic mass is 15.0. The van der Waals surface area contributed by atoms with E-state index in [1.807, 2.05) is 19.2 Å². The Morgan fingerprint density at radius 3 is 3.10 bits per heavy atom. The van der Waals surface area contributed by atoms with Crippen molar-refractivity contribution in [1.29, 1.82) is 0 Å². The Kier molecular flexibility index (Phi) is 2.05. The lowest BCUT2D eigenvalue weighted by Gasteiger charge is -2.05. The zero-order chi connectivity index (χ0) is 7.40. The molecule has 2 heteroatoms. The molecule has 1 N–H and O–H groups in total. The summed E-state index contributed by atoms with van der Waals surface area (Å²) in [6.45, 7) is 5.60. The monoisotopic (exact) mass is 134 g/mol. The first-order valence-corrected chi connectivity index (χ1v) is 3.13. The van der Waals surface area contributed by atoms with Crippen LogP contribution in [-0.2, 0) is 0 Å². The first kappa shape index (κ1) is 6.81. The lowest BCUT2D eigenvalue weighted by molar-refractivity contribution is 0.995. The topological polar surface area (TPSA) is 24.4 Å². The average Bonchev–Trinajstić information content (AvgIpc) is 2.05. The molecule has 0 aromatic carbocycles. The van der Waals surface area contributed by atoms with Crippen molar-refractivity contribution in [3.8, 4) is 0 Å². The summed E-state index contributed by atoms with van der Waals surface area (Å²) in [5, 5.41) is 3.00. The second-order valence-electron chi connectivity index (χ2n) is 2.02. The van der Waals surface area contributed by atoms with Gasteiger partial charge < -0.3 is 5.32 Å². The second kappa shape index (κ2) is 3.01. The van der Waals surface area contributed by atoms with E-state index >= 15 is 0 Å². The normalized spacial score (nSPS) is 20.1. The van der Waals surface area contributed by atoms with Gasteiger partial charge in [-0.1, -0.05) is 12.7 Å². The van der Waals surface area contributed by atoms with Gasteiger partial charge in [0.1, 0.15) is 5.82 Å². The Balaban J connectivity index is 2.84. The van der Waals surface area contributed by atoms with E-state index in [1.165, 1.54) is 0 Å². The van der Waals surface area contributed by atoms with E-state index in [2.05, 4.69) is 16.9 Å². The van der Waals surface area contributed by atoms with Crippen LogP contribution in [0.3, 0.4) is 0 Å². The van der Waals surface area contributed by atoms with Crippen LogP contribution in [0.2, 0.25) is 0 Å². The zero-order valence-electron chi connectivity index (χ0n) is 5.96. The van der Waals surface area contributed by atoms with Gasteiger partial charge in [0.25, 0.3) is 0 Å². The summed E-state index contributed by atoms with van der Waals surface area (Å²) in [7, 11) is 0. The number of rotatable bonds is 1. The zero-order valence-corrected chi connectivity index (χ0v) is 5.96. The van der Waals surface area contributed by atoms with Gasteiger partial charge in [-0.25, -0.2) is 4.99 Å². The lowest BCUT2D eigenvalue weighted by atomic mass is 10.3. The van der Waals surface area contributed by atoms with Crippen LogP contribution >= 0.6 is 0 Å². The fourth-order valence-corrected chi connectivity index (χ4v) is 0.637. The van der Waals surface area contributed by atoms with E-state index in [4.69, 9.17) is 0 Å². The van der Waals surface area contributed by atoms with Gasteiger partial charge in [-0.15, -0.1) is 0 Å². The molecule has 10 heavy (non-hydrogen) atoms. The number of hydrogen-bond acceptors (Lipinski definition) is 2. The molecule has 0 unspecified atom stereocenters. The molecular formula is C8H10N2. The molecule has 2 nitrogen and oxygen atoms in total. The van der Waals surface area contributed by atoms with Crippen molar-refractivity contribution in [2.45, 2.75) is 6.92 Å². The summed E-state index contributed by atoms with van der Waals surface area (Å²) in [4.78, 5) is 4.09. The van der Waals surface area contributed by atoms with E-state index in [-0.39, 0.29) is 0 Å². The molecule has 0 aliphatic carbocycles. The molecular weight excluding hydrogens is 124 g/mol. The molecule has 0 aromatic heterocycles. The highest BCUT2D eigenvalue weighted by Gasteiger charge is 1.95. The number of nitrogens with one attached hydrogen (secondary N) is 1. The number of aliphatic imine (C=N–C) groups is 1. The van der Waals surface area contributed by atoms with Crippen molar-refractivity contribution in [2.24, 2.45) is 4.99 Å². The first-order valence-electron chi connectivity index (χ1n) is 3.13. The van der Waals surface area contributed by atoms with Crippen LogP contribution in [-0.4, -0.2) is 6.21 Å². The Bertz CT molecular complexity index is 221. The Hall–Kier alpha value is -1.31. The number of nitrogens with zero attached hydrogens (tertiary/aromatic N) is 1. The molecule has 52 valence electrons. The highest BCUT2D eigenvalue weighted by molar-refractivity contribution is 5.73.